The standard InChI is InChI=1S/C60H40N2S/c1-4-20-41(21-5-1)45-39-38-44(40-52(45)43-24-8-3-9-25-43)61-55-34-16-12-29-51(55)59-56(61)35-19-36-57(59)62(53-32-14-10-26-46(53)42-22-6-2-7-23-42)54-33-15-11-27-47(54)49-30-18-31-50-48-28-13-17-37-58(48)63-60(49)50/h1-40H. The molecule has 2 heterocycles. The van der Waals surface area contributed by atoms with E-state index >= 15 is 0 Å². The summed E-state index contributed by atoms with van der Waals surface area (Å²) in [6.45, 7) is 0. The first kappa shape index (κ1) is 36.8. The molecule has 296 valence electrons. The minimum atomic E-state index is 1.11. The topological polar surface area (TPSA) is 8.17 Å². The molecule has 0 aliphatic rings. The molecule has 0 radical (unpaired) electrons. The molecule has 0 unspecified atom stereocenters. The van der Waals surface area contributed by atoms with Crippen LogP contribution in [0.4, 0.5) is 17.1 Å². The molecule has 12 aromatic rings. The largest absolute Gasteiger partial charge is 0.309 e. The first-order valence-corrected chi connectivity index (χ1v) is 22.3. The van der Waals surface area contributed by atoms with Gasteiger partial charge in [-0.2, -0.15) is 0 Å². The number of nitrogens with zero attached hydrogens (tertiary/aromatic N) is 2. The van der Waals surface area contributed by atoms with Gasteiger partial charge in [-0.15, -0.1) is 11.3 Å². The Morgan fingerprint density at radius 3 is 1.57 bits per heavy atom. The average Bonchev–Trinajstić information content (AvgIpc) is 3.92. The van der Waals surface area contributed by atoms with Gasteiger partial charge < -0.3 is 9.47 Å². The predicted molar refractivity (Wildman–Crippen MR) is 270 cm³/mol. The quantitative estimate of drug-likeness (QED) is 0.148. The van der Waals surface area contributed by atoms with E-state index in [1.807, 2.05) is 11.3 Å². The number of fused-ring (bicyclic) bond motifs is 6. The summed E-state index contributed by atoms with van der Waals surface area (Å²) < 4.78 is 5.06. The van der Waals surface area contributed by atoms with Gasteiger partial charge in [-0.05, 0) is 76.3 Å². The summed E-state index contributed by atoms with van der Waals surface area (Å²) in [5.41, 5.74) is 16.3. The Bertz CT molecular complexity index is 3620. The Hall–Kier alpha value is -7.98. The van der Waals surface area contributed by atoms with Crippen LogP contribution in [-0.2, 0) is 0 Å². The molecule has 0 atom stereocenters. The molecular weight excluding hydrogens is 781 g/mol. The van der Waals surface area contributed by atoms with Crippen molar-refractivity contribution in [3.63, 3.8) is 0 Å². The monoisotopic (exact) mass is 820 g/mol. The van der Waals surface area contributed by atoms with Crippen molar-refractivity contribution < 1.29 is 0 Å². The van der Waals surface area contributed by atoms with E-state index in [9.17, 15) is 0 Å². The van der Waals surface area contributed by atoms with E-state index in [2.05, 4.69) is 252 Å². The summed E-state index contributed by atoms with van der Waals surface area (Å²) in [6.07, 6.45) is 0. The molecule has 63 heavy (non-hydrogen) atoms. The summed E-state index contributed by atoms with van der Waals surface area (Å²) in [5, 5.41) is 4.98. The van der Waals surface area contributed by atoms with Crippen molar-refractivity contribution >= 4 is 70.4 Å². The molecular formula is C60H40N2S. The molecule has 2 aromatic heterocycles. The first-order valence-electron chi connectivity index (χ1n) is 21.5. The van der Waals surface area contributed by atoms with E-state index in [0.29, 0.717) is 0 Å². The Morgan fingerprint density at radius 2 is 0.825 bits per heavy atom. The molecule has 0 saturated carbocycles. The number of hydrogen-bond acceptors (Lipinski definition) is 2. The predicted octanol–water partition coefficient (Wildman–Crippen LogP) is 17.3. The first-order chi connectivity index (χ1) is 31.3. The van der Waals surface area contributed by atoms with Crippen molar-refractivity contribution in [3.05, 3.63) is 243 Å². The number of aromatic nitrogens is 1. The van der Waals surface area contributed by atoms with E-state index in [4.69, 9.17) is 0 Å². The van der Waals surface area contributed by atoms with E-state index < -0.39 is 0 Å². The molecule has 0 bridgehead atoms. The summed E-state index contributed by atoms with van der Waals surface area (Å²) in [4.78, 5) is 2.52. The molecule has 0 aliphatic heterocycles. The molecule has 10 aromatic carbocycles. The SMILES string of the molecule is c1ccc(-c2ccc(-n3c4ccccc4c4c(N(c5ccccc5-c5ccccc5)c5ccccc5-c5cccc6c5sc5ccccc56)cccc43)cc2-c2ccccc2)cc1. The fourth-order valence-electron chi connectivity index (χ4n) is 9.64. The van der Waals surface area contributed by atoms with Gasteiger partial charge in [0.2, 0.25) is 0 Å². The number of rotatable bonds is 8. The Labute approximate surface area is 370 Å². The molecule has 0 amide bonds. The van der Waals surface area contributed by atoms with E-state index in [0.717, 1.165) is 39.3 Å². The second kappa shape index (κ2) is 15.5. The maximum Gasteiger partial charge on any atom is 0.0562 e. The molecule has 0 saturated heterocycles. The lowest BCUT2D eigenvalue weighted by Crippen LogP contribution is -2.13. The van der Waals surface area contributed by atoms with Crippen molar-refractivity contribution in [2.45, 2.75) is 0 Å². The van der Waals surface area contributed by atoms with Gasteiger partial charge in [0.25, 0.3) is 0 Å². The van der Waals surface area contributed by atoms with Crippen LogP contribution in [0.1, 0.15) is 0 Å². The molecule has 0 spiro atoms. The summed E-state index contributed by atoms with van der Waals surface area (Å²) in [5.74, 6) is 0. The summed E-state index contributed by atoms with van der Waals surface area (Å²) in [7, 11) is 0. The molecule has 3 heteroatoms. The normalized spacial score (nSPS) is 11.5. The smallest absolute Gasteiger partial charge is 0.0562 e. The Morgan fingerprint density at radius 1 is 0.317 bits per heavy atom. The van der Waals surface area contributed by atoms with Crippen LogP contribution in [0.15, 0.2) is 243 Å². The van der Waals surface area contributed by atoms with Crippen molar-refractivity contribution in [2.24, 2.45) is 0 Å². The number of hydrogen-bond donors (Lipinski definition) is 0. The van der Waals surface area contributed by atoms with Gasteiger partial charge >= 0.3 is 0 Å². The zero-order chi connectivity index (χ0) is 41.7. The summed E-state index contributed by atoms with van der Waals surface area (Å²) >= 11 is 1.88. The van der Waals surface area contributed by atoms with Gasteiger partial charge in [0, 0.05) is 53.3 Å². The lowest BCUT2D eigenvalue weighted by Gasteiger charge is -2.30. The second-order valence-electron chi connectivity index (χ2n) is 16.0. The fraction of sp³-hybridized carbons (Fsp3) is 0. The highest BCUT2D eigenvalue weighted by molar-refractivity contribution is 7.26. The van der Waals surface area contributed by atoms with Crippen molar-refractivity contribution in [3.8, 4) is 50.2 Å². The van der Waals surface area contributed by atoms with Crippen molar-refractivity contribution in [1.82, 2.24) is 4.57 Å². The number of para-hydroxylation sites is 3. The maximum absolute atomic E-state index is 2.52. The number of benzene rings is 10. The molecule has 12 rings (SSSR count). The van der Waals surface area contributed by atoms with Crippen molar-refractivity contribution in [1.29, 1.82) is 0 Å². The van der Waals surface area contributed by atoms with Gasteiger partial charge in [0.05, 0.1) is 28.1 Å². The minimum Gasteiger partial charge on any atom is -0.309 e. The van der Waals surface area contributed by atoms with Crippen LogP contribution in [0.25, 0.3) is 92.2 Å². The number of thiophene rings is 1. The highest BCUT2D eigenvalue weighted by atomic mass is 32.1. The fourth-order valence-corrected chi connectivity index (χ4v) is 10.9. The van der Waals surface area contributed by atoms with Crippen LogP contribution < -0.4 is 4.90 Å². The average molecular weight is 821 g/mol. The van der Waals surface area contributed by atoms with Gasteiger partial charge in [0.15, 0.2) is 0 Å². The second-order valence-corrected chi connectivity index (χ2v) is 17.1. The van der Waals surface area contributed by atoms with Gasteiger partial charge in [-0.3, -0.25) is 0 Å². The minimum absolute atomic E-state index is 1.11. The third-order valence-electron chi connectivity index (χ3n) is 12.4. The lowest BCUT2D eigenvalue weighted by atomic mass is 9.94. The highest BCUT2D eigenvalue weighted by Crippen LogP contribution is 2.51. The zero-order valence-electron chi connectivity index (χ0n) is 34.4. The summed E-state index contributed by atoms with van der Waals surface area (Å²) in [6, 6.07) is 88.4. The Kier molecular flexibility index (Phi) is 9.06. The maximum atomic E-state index is 2.52. The molecule has 0 N–H and O–H groups in total. The van der Waals surface area contributed by atoms with Crippen LogP contribution in [0.3, 0.4) is 0 Å². The number of anilines is 3. The van der Waals surface area contributed by atoms with Crippen LogP contribution in [0.2, 0.25) is 0 Å². The molecule has 2 nitrogen and oxygen atoms in total. The van der Waals surface area contributed by atoms with E-state index in [-0.39, 0.29) is 0 Å². The van der Waals surface area contributed by atoms with Crippen LogP contribution in [0, 0.1) is 0 Å². The Balaban J connectivity index is 1.15. The lowest BCUT2D eigenvalue weighted by molar-refractivity contribution is 1.18. The molecule has 0 aliphatic carbocycles. The van der Waals surface area contributed by atoms with Crippen molar-refractivity contribution in [2.75, 3.05) is 4.90 Å². The van der Waals surface area contributed by atoms with Crippen LogP contribution in [-0.4, -0.2) is 4.57 Å². The third kappa shape index (κ3) is 6.24. The van der Waals surface area contributed by atoms with Gasteiger partial charge in [0.1, 0.15) is 0 Å². The van der Waals surface area contributed by atoms with E-state index in [1.165, 1.54) is 69.9 Å². The van der Waals surface area contributed by atoms with Gasteiger partial charge in [-0.25, -0.2) is 0 Å². The van der Waals surface area contributed by atoms with Crippen LogP contribution in [0.5, 0.6) is 0 Å². The van der Waals surface area contributed by atoms with Crippen LogP contribution >= 0.6 is 11.3 Å². The zero-order valence-corrected chi connectivity index (χ0v) is 35.2. The highest BCUT2D eigenvalue weighted by Gasteiger charge is 2.26. The van der Waals surface area contributed by atoms with Gasteiger partial charge in [-0.1, -0.05) is 194 Å². The third-order valence-corrected chi connectivity index (χ3v) is 13.6. The molecule has 0 fully saturated rings. The van der Waals surface area contributed by atoms with E-state index in [1.54, 1.807) is 0 Å².